The van der Waals surface area contributed by atoms with Gasteiger partial charge in [0, 0.05) is 50.3 Å². The van der Waals surface area contributed by atoms with E-state index in [0.29, 0.717) is 13.1 Å². The van der Waals surface area contributed by atoms with Crippen LogP contribution >= 0.6 is 0 Å². The molecule has 0 bridgehead atoms. The Morgan fingerprint density at radius 3 is 2.18 bits per heavy atom. The molecule has 0 aliphatic carbocycles. The third-order valence-corrected chi connectivity index (χ3v) is 8.44. The first-order valence-corrected chi connectivity index (χ1v) is 18.5. The van der Waals surface area contributed by atoms with Crippen molar-refractivity contribution in [3.8, 4) is 0 Å². The minimum Gasteiger partial charge on any atom is -0.372 e. The number of benzene rings is 1. The summed E-state index contributed by atoms with van der Waals surface area (Å²) in [6, 6.07) is 5.88. The highest BCUT2D eigenvalue weighted by Crippen LogP contribution is 2.35. The molecule has 1 aromatic heterocycles. The molecule has 1 aliphatic heterocycles. The van der Waals surface area contributed by atoms with Crippen molar-refractivity contribution in [1.29, 1.82) is 0 Å². The highest BCUT2D eigenvalue weighted by molar-refractivity contribution is 5.61. The van der Waals surface area contributed by atoms with Crippen LogP contribution in [0.5, 0.6) is 0 Å². The number of nitrogens with zero attached hydrogens (tertiary/aromatic N) is 4. The van der Waals surface area contributed by atoms with Crippen molar-refractivity contribution >= 4 is 17.5 Å². The van der Waals surface area contributed by atoms with Crippen molar-refractivity contribution in [2.75, 3.05) is 63.5 Å². The third kappa shape index (κ3) is 17.6. The monoisotopic (exact) mass is 692 g/mol. The van der Waals surface area contributed by atoms with E-state index in [1.807, 2.05) is 45.9 Å². The number of hydrogen-bond acceptors (Lipinski definition) is 7. The second kappa shape index (κ2) is 22.8. The Morgan fingerprint density at radius 1 is 1.02 bits per heavy atom. The molecule has 3 rings (SSSR count). The minimum absolute atomic E-state index is 0.123. The lowest BCUT2D eigenvalue weighted by atomic mass is 9.92. The fourth-order valence-electron chi connectivity index (χ4n) is 5.85. The summed E-state index contributed by atoms with van der Waals surface area (Å²) in [7, 11) is 2.17. The summed E-state index contributed by atoms with van der Waals surface area (Å²) in [6.07, 6.45) is 5.12. The first kappa shape index (κ1) is 44.2. The van der Waals surface area contributed by atoms with Gasteiger partial charge in [0.15, 0.2) is 0 Å². The molecule has 2 aromatic rings. The van der Waals surface area contributed by atoms with Crippen molar-refractivity contribution in [3.05, 3.63) is 53.4 Å². The van der Waals surface area contributed by atoms with E-state index in [1.165, 1.54) is 51.6 Å². The molecule has 0 atom stereocenters. The van der Waals surface area contributed by atoms with Crippen LogP contribution in [-0.4, -0.2) is 72.6 Å². The van der Waals surface area contributed by atoms with Gasteiger partial charge in [-0.15, -0.1) is 0 Å². The van der Waals surface area contributed by atoms with Crippen molar-refractivity contribution < 1.29 is 13.2 Å². The summed E-state index contributed by atoms with van der Waals surface area (Å²) in [5.74, 6) is 0.861. The summed E-state index contributed by atoms with van der Waals surface area (Å²) in [6.45, 7) is 29.3. The molecule has 3 N–H and O–H groups in total. The van der Waals surface area contributed by atoms with Gasteiger partial charge in [0.1, 0.15) is 11.4 Å². The van der Waals surface area contributed by atoms with Crippen LogP contribution in [0.1, 0.15) is 111 Å². The highest BCUT2D eigenvalue weighted by atomic mass is 19.4. The number of aromatic nitrogens is 2. The summed E-state index contributed by atoms with van der Waals surface area (Å²) < 4.78 is 40.9. The van der Waals surface area contributed by atoms with Crippen LogP contribution in [0, 0.1) is 18.3 Å². The number of halogens is 3. The molecule has 0 spiro atoms. The van der Waals surface area contributed by atoms with Crippen molar-refractivity contribution in [2.24, 2.45) is 11.3 Å². The predicted octanol–water partition coefficient (Wildman–Crippen LogP) is 9.93. The molecule has 280 valence electrons. The van der Waals surface area contributed by atoms with Gasteiger partial charge in [-0.1, -0.05) is 105 Å². The van der Waals surface area contributed by atoms with Crippen molar-refractivity contribution in [1.82, 2.24) is 25.1 Å². The molecule has 1 fully saturated rings. The number of anilines is 3. The second-order valence-electron chi connectivity index (χ2n) is 14.3. The Labute approximate surface area is 296 Å². The summed E-state index contributed by atoms with van der Waals surface area (Å²) >= 11 is 0. The molecule has 2 heterocycles. The Kier molecular flexibility index (Phi) is 20.5. The maximum absolute atomic E-state index is 13.6. The second-order valence-corrected chi connectivity index (χ2v) is 14.3. The van der Waals surface area contributed by atoms with Gasteiger partial charge < -0.3 is 25.8 Å². The van der Waals surface area contributed by atoms with Crippen LogP contribution in [0.2, 0.25) is 0 Å². The molecule has 0 unspecified atom stereocenters. The Morgan fingerprint density at radius 2 is 1.65 bits per heavy atom. The SMILES string of the molecule is C=C1CNCCN1CC(C)(C)CNc1nc(Nc2ccc(C)cc2CC)ncc1C(F)(F)F.CCCC(C)CCC.CCCN(C)CCC. The van der Waals surface area contributed by atoms with Crippen LogP contribution in [0.25, 0.3) is 0 Å². The molecule has 1 saturated heterocycles. The van der Waals surface area contributed by atoms with E-state index in [0.717, 1.165) is 60.7 Å². The Bertz CT molecular complexity index is 1190. The van der Waals surface area contributed by atoms with Gasteiger partial charge >= 0.3 is 6.18 Å². The summed E-state index contributed by atoms with van der Waals surface area (Å²) in [5.41, 5.74) is 2.74. The van der Waals surface area contributed by atoms with Crippen molar-refractivity contribution in [3.63, 3.8) is 0 Å². The maximum Gasteiger partial charge on any atom is 0.421 e. The standard InChI is InChI=1S/C24H33F3N6.C8H18.C7H17N/c1-6-18-11-16(2)7-8-20(18)31-22-29-13-19(24(25,26)27)21(32-22)30-14-23(4,5)15-33-10-9-28-12-17(33)3;2*1-4-6-8(3)7-5-2/h7-8,11,13,28H,3,6,9-10,12,14-15H2,1-2,4-5H3,(H2,29,30,31,32);8H,4-7H2,1-3H3;4-7H2,1-3H3. The van der Waals surface area contributed by atoms with E-state index >= 15 is 0 Å². The van der Waals surface area contributed by atoms with Crippen LogP contribution in [-0.2, 0) is 12.6 Å². The van der Waals surface area contributed by atoms with Gasteiger partial charge in [-0.2, -0.15) is 18.2 Å². The number of alkyl halides is 3. The van der Waals surface area contributed by atoms with Gasteiger partial charge in [0.2, 0.25) is 5.95 Å². The van der Waals surface area contributed by atoms with Gasteiger partial charge in [-0.05, 0) is 69.3 Å². The zero-order chi connectivity index (χ0) is 37.0. The largest absolute Gasteiger partial charge is 0.421 e. The molecular formula is C39H68F3N7. The van der Waals surface area contributed by atoms with Crippen LogP contribution in [0.15, 0.2) is 36.7 Å². The Balaban J connectivity index is 0.000000620. The lowest BCUT2D eigenvalue weighted by Crippen LogP contribution is -2.46. The number of nitrogens with one attached hydrogen (secondary N) is 3. The number of piperazine rings is 1. The quantitative estimate of drug-likeness (QED) is 0.162. The Hall–Kier alpha value is -2.85. The fraction of sp³-hybridized carbons (Fsp3) is 0.692. The molecule has 0 saturated carbocycles. The van der Waals surface area contributed by atoms with E-state index in [4.69, 9.17) is 0 Å². The van der Waals surface area contributed by atoms with Gasteiger partial charge in [-0.3, -0.25) is 0 Å². The molecule has 0 amide bonds. The van der Waals surface area contributed by atoms with E-state index in [2.05, 4.69) is 84.0 Å². The zero-order valence-electron chi connectivity index (χ0n) is 32.4. The lowest BCUT2D eigenvalue weighted by molar-refractivity contribution is -0.137. The molecule has 1 aromatic carbocycles. The van der Waals surface area contributed by atoms with Gasteiger partial charge in [0.05, 0.1) is 0 Å². The smallest absolute Gasteiger partial charge is 0.372 e. The van der Waals surface area contributed by atoms with E-state index in [9.17, 15) is 13.2 Å². The van der Waals surface area contributed by atoms with Crippen LogP contribution in [0.4, 0.5) is 30.6 Å². The molecule has 10 heteroatoms. The summed E-state index contributed by atoms with van der Waals surface area (Å²) in [5, 5.41) is 9.29. The fourth-order valence-corrected chi connectivity index (χ4v) is 5.85. The normalized spacial score (nSPS) is 13.5. The molecule has 49 heavy (non-hydrogen) atoms. The average molecular weight is 692 g/mol. The molecular weight excluding hydrogens is 623 g/mol. The van der Waals surface area contributed by atoms with E-state index < -0.39 is 11.7 Å². The van der Waals surface area contributed by atoms with E-state index in [-0.39, 0.29) is 17.2 Å². The number of aryl methyl sites for hydroxylation is 2. The zero-order valence-corrected chi connectivity index (χ0v) is 32.4. The minimum atomic E-state index is -4.56. The van der Waals surface area contributed by atoms with Crippen LogP contribution < -0.4 is 16.0 Å². The predicted molar refractivity (Wildman–Crippen MR) is 204 cm³/mol. The van der Waals surface area contributed by atoms with Gasteiger partial charge in [0.25, 0.3) is 0 Å². The molecule has 0 radical (unpaired) electrons. The first-order chi connectivity index (χ1) is 23.1. The average Bonchev–Trinajstić information content (AvgIpc) is 3.03. The van der Waals surface area contributed by atoms with E-state index in [1.54, 1.807) is 0 Å². The molecule has 7 nitrogen and oxygen atoms in total. The topological polar surface area (TPSA) is 68.3 Å². The van der Waals surface area contributed by atoms with Crippen molar-refractivity contribution in [2.45, 2.75) is 113 Å². The highest BCUT2D eigenvalue weighted by Gasteiger charge is 2.36. The summed E-state index contributed by atoms with van der Waals surface area (Å²) in [4.78, 5) is 12.7. The lowest BCUT2D eigenvalue weighted by Gasteiger charge is -2.38. The van der Waals surface area contributed by atoms with Gasteiger partial charge in [-0.25, -0.2) is 4.98 Å². The maximum atomic E-state index is 13.6. The molecule has 1 aliphatic rings. The number of rotatable bonds is 16. The van der Waals surface area contributed by atoms with Crippen LogP contribution in [0.3, 0.4) is 0 Å². The number of hydrogen-bond donors (Lipinski definition) is 3. The first-order valence-electron chi connectivity index (χ1n) is 18.5. The third-order valence-electron chi connectivity index (χ3n) is 8.44.